The number of benzene rings is 1. The van der Waals surface area contributed by atoms with Crippen LogP contribution in [0.2, 0.25) is 0 Å². The second-order valence-corrected chi connectivity index (χ2v) is 3.55. The van der Waals surface area contributed by atoms with Crippen LogP contribution in [0.3, 0.4) is 0 Å². The third-order valence-corrected chi connectivity index (χ3v) is 2.47. The zero-order chi connectivity index (χ0) is 10.1. The van der Waals surface area contributed by atoms with E-state index in [1.165, 1.54) is 18.2 Å². The van der Waals surface area contributed by atoms with E-state index in [-0.39, 0.29) is 17.6 Å². The highest BCUT2D eigenvalue weighted by Gasteiger charge is 2.25. The molecule has 2 rings (SSSR count). The molecular weight excluding hydrogens is 185 g/mol. The molecule has 1 heterocycles. The van der Waals surface area contributed by atoms with Gasteiger partial charge >= 0.3 is 0 Å². The van der Waals surface area contributed by atoms with Crippen molar-refractivity contribution in [3.8, 4) is 5.75 Å². The molecule has 76 valence electrons. The van der Waals surface area contributed by atoms with Crippen molar-refractivity contribution in [3.63, 3.8) is 0 Å². The van der Waals surface area contributed by atoms with Gasteiger partial charge in [0.05, 0.1) is 6.10 Å². The largest absolute Gasteiger partial charge is 0.508 e. The van der Waals surface area contributed by atoms with Crippen LogP contribution in [0.25, 0.3) is 0 Å². The first-order valence-corrected chi connectivity index (χ1v) is 4.56. The van der Waals surface area contributed by atoms with Gasteiger partial charge in [-0.25, -0.2) is 4.39 Å². The number of aliphatic hydroxyl groups is 1. The Bertz CT molecular complexity index is 343. The molecular formula is C10H12FNO2. The SMILES string of the molecule is Oc1ccc(F)cc1[C@H]1CC(O)CN1. The first-order valence-electron chi connectivity index (χ1n) is 4.56. The Labute approximate surface area is 81.2 Å². The van der Waals surface area contributed by atoms with Gasteiger partial charge in [-0.05, 0) is 24.6 Å². The molecule has 0 bridgehead atoms. The Hall–Kier alpha value is -1.13. The van der Waals surface area contributed by atoms with E-state index in [1.807, 2.05) is 0 Å². The maximum absolute atomic E-state index is 12.9. The highest BCUT2D eigenvalue weighted by atomic mass is 19.1. The molecule has 1 saturated heterocycles. The average Bonchev–Trinajstić information content (AvgIpc) is 2.56. The minimum atomic E-state index is -0.414. The molecule has 1 aromatic rings. The first-order chi connectivity index (χ1) is 6.66. The minimum Gasteiger partial charge on any atom is -0.508 e. The van der Waals surface area contributed by atoms with Crippen molar-refractivity contribution in [1.82, 2.24) is 5.32 Å². The van der Waals surface area contributed by atoms with E-state index in [9.17, 15) is 14.6 Å². The fourth-order valence-electron chi connectivity index (χ4n) is 1.76. The van der Waals surface area contributed by atoms with Gasteiger partial charge in [0.2, 0.25) is 0 Å². The van der Waals surface area contributed by atoms with Crippen LogP contribution in [0.15, 0.2) is 18.2 Å². The Balaban J connectivity index is 2.27. The molecule has 1 fully saturated rings. The standard InChI is InChI=1S/C10H12FNO2/c11-6-1-2-10(14)8(3-6)9-4-7(13)5-12-9/h1-3,7,9,12-14H,4-5H2/t7?,9-/m1/s1. The summed E-state index contributed by atoms with van der Waals surface area (Å²) in [4.78, 5) is 0. The number of aromatic hydroxyl groups is 1. The molecule has 1 aliphatic rings. The van der Waals surface area contributed by atoms with Crippen LogP contribution >= 0.6 is 0 Å². The lowest BCUT2D eigenvalue weighted by Gasteiger charge is -2.12. The average molecular weight is 197 g/mol. The summed E-state index contributed by atoms with van der Waals surface area (Å²) in [5.74, 6) is -0.306. The zero-order valence-electron chi connectivity index (χ0n) is 7.57. The zero-order valence-corrected chi connectivity index (χ0v) is 7.57. The van der Waals surface area contributed by atoms with E-state index < -0.39 is 6.10 Å². The number of hydrogen-bond donors (Lipinski definition) is 3. The lowest BCUT2D eigenvalue weighted by molar-refractivity contribution is 0.193. The van der Waals surface area contributed by atoms with Gasteiger partial charge in [-0.1, -0.05) is 0 Å². The van der Waals surface area contributed by atoms with Gasteiger partial charge in [-0.15, -0.1) is 0 Å². The highest BCUT2D eigenvalue weighted by molar-refractivity contribution is 5.35. The summed E-state index contributed by atoms with van der Waals surface area (Å²) < 4.78 is 12.9. The monoisotopic (exact) mass is 197 g/mol. The van der Waals surface area contributed by atoms with Crippen LogP contribution in [0.4, 0.5) is 4.39 Å². The van der Waals surface area contributed by atoms with Crippen LogP contribution in [0.5, 0.6) is 5.75 Å². The summed E-state index contributed by atoms with van der Waals surface area (Å²) in [5.41, 5.74) is 0.515. The predicted molar refractivity (Wildman–Crippen MR) is 49.4 cm³/mol. The number of halogens is 1. The van der Waals surface area contributed by atoms with E-state index in [4.69, 9.17) is 0 Å². The fraction of sp³-hybridized carbons (Fsp3) is 0.400. The third kappa shape index (κ3) is 1.71. The van der Waals surface area contributed by atoms with Crippen molar-refractivity contribution in [3.05, 3.63) is 29.6 Å². The van der Waals surface area contributed by atoms with E-state index in [0.29, 0.717) is 18.5 Å². The molecule has 0 amide bonds. The summed E-state index contributed by atoms with van der Waals surface area (Å²) in [6, 6.07) is 3.69. The van der Waals surface area contributed by atoms with E-state index in [1.54, 1.807) is 0 Å². The van der Waals surface area contributed by atoms with Crippen molar-refractivity contribution in [1.29, 1.82) is 0 Å². The highest BCUT2D eigenvalue weighted by Crippen LogP contribution is 2.30. The lowest BCUT2D eigenvalue weighted by Crippen LogP contribution is -2.15. The van der Waals surface area contributed by atoms with Crippen LogP contribution in [-0.2, 0) is 0 Å². The number of hydrogen-bond acceptors (Lipinski definition) is 3. The topological polar surface area (TPSA) is 52.5 Å². The van der Waals surface area contributed by atoms with Gasteiger partial charge < -0.3 is 15.5 Å². The van der Waals surface area contributed by atoms with E-state index in [2.05, 4.69) is 5.32 Å². The molecule has 0 radical (unpaired) electrons. The normalized spacial score (nSPS) is 26.7. The third-order valence-electron chi connectivity index (χ3n) is 2.47. The van der Waals surface area contributed by atoms with Gasteiger partial charge in [-0.3, -0.25) is 0 Å². The molecule has 1 aromatic carbocycles. The molecule has 0 aliphatic carbocycles. The number of rotatable bonds is 1. The number of nitrogens with one attached hydrogen (secondary N) is 1. The summed E-state index contributed by atoms with van der Waals surface area (Å²) in [6.45, 7) is 0.487. The van der Waals surface area contributed by atoms with Gasteiger partial charge in [0.1, 0.15) is 11.6 Å². The molecule has 0 spiro atoms. The lowest BCUT2D eigenvalue weighted by atomic mass is 10.0. The van der Waals surface area contributed by atoms with Gasteiger partial charge in [0.15, 0.2) is 0 Å². The van der Waals surface area contributed by atoms with Crippen molar-refractivity contribution in [2.45, 2.75) is 18.6 Å². The number of aliphatic hydroxyl groups excluding tert-OH is 1. The fourth-order valence-corrected chi connectivity index (χ4v) is 1.76. The number of β-amino-alcohol motifs (C(OH)–C–C–N with tert-alkyl or cyclic N) is 1. The maximum atomic E-state index is 12.9. The summed E-state index contributed by atoms with van der Waals surface area (Å²) >= 11 is 0. The van der Waals surface area contributed by atoms with Crippen LogP contribution in [-0.4, -0.2) is 22.9 Å². The van der Waals surface area contributed by atoms with Gasteiger partial charge in [0, 0.05) is 18.2 Å². The summed E-state index contributed by atoms with van der Waals surface area (Å²) in [6.07, 6.45) is 0.0967. The Kier molecular flexibility index (Phi) is 2.39. The molecule has 3 N–H and O–H groups in total. The molecule has 2 atom stereocenters. The first kappa shape index (κ1) is 9.43. The predicted octanol–water partition coefficient (Wildman–Crippen LogP) is 0.927. The molecule has 0 aromatic heterocycles. The van der Waals surface area contributed by atoms with Crippen molar-refractivity contribution in [2.75, 3.05) is 6.54 Å². The molecule has 0 saturated carbocycles. The summed E-state index contributed by atoms with van der Waals surface area (Å²) in [5, 5.41) is 21.8. The number of phenolic OH excluding ortho intramolecular Hbond substituents is 1. The second-order valence-electron chi connectivity index (χ2n) is 3.55. The molecule has 4 heteroatoms. The van der Waals surface area contributed by atoms with Crippen molar-refractivity contribution >= 4 is 0 Å². The Morgan fingerprint density at radius 2 is 2.21 bits per heavy atom. The molecule has 14 heavy (non-hydrogen) atoms. The van der Waals surface area contributed by atoms with Crippen LogP contribution in [0.1, 0.15) is 18.0 Å². The second kappa shape index (κ2) is 3.55. The van der Waals surface area contributed by atoms with Crippen LogP contribution < -0.4 is 5.32 Å². The van der Waals surface area contributed by atoms with Crippen molar-refractivity contribution in [2.24, 2.45) is 0 Å². The number of phenols is 1. The van der Waals surface area contributed by atoms with E-state index in [0.717, 1.165) is 0 Å². The molecule has 1 unspecified atom stereocenters. The van der Waals surface area contributed by atoms with Crippen LogP contribution in [0, 0.1) is 5.82 Å². The van der Waals surface area contributed by atoms with Gasteiger partial charge in [0.25, 0.3) is 0 Å². The smallest absolute Gasteiger partial charge is 0.123 e. The van der Waals surface area contributed by atoms with Crippen molar-refractivity contribution < 1.29 is 14.6 Å². The maximum Gasteiger partial charge on any atom is 0.123 e. The van der Waals surface area contributed by atoms with E-state index >= 15 is 0 Å². The van der Waals surface area contributed by atoms with Gasteiger partial charge in [-0.2, -0.15) is 0 Å². The minimum absolute atomic E-state index is 0.0676. The molecule has 3 nitrogen and oxygen atoms in total. The quantitative estimate of drug-likeness (QED) is 0.627. The Morgan fingerprint density at radius 3 is 2.86 bits per heavy atom. The summed E-state index contributed by atoms with van der Waals surface area (Å²) in [7, 11) is 0. The Morgan fingerprint density at radius 1 is 1.43 bits per heavy atom. The molecule has 1 aliphatic heterocycles.